The van der Waals surface area contributed by atoms with Crippen LogP contribution >= 0.6 is 11.8 Å². The average Bonchev–Trinajstić information content (AvgIpc) is 2.19. The molecule has 0 heterocycles. The van der Waals surface area contributed by atoms with Crippen LogP contribution in [0.3, 0.4) is 0 Å². The maximum absolute atomic E-state index is 5.81. The van der Waals surface area contributed by atoms with E-state index < -0.39 is 0 Å². The lowest BCUT2D eigenvalue weighted by molar-refractivity contribution is 0.815. The van der Waals surface area contributed by atoms with Gasteiger partial charge >= 0.3 is 0 Å². The molecule has 76 valence electrons. The van der Waals surface area contributed by atoms with E-state index in [0.717, 1.165) is 5.75 Å². The van der Waals surface area contributed by atoms with E-state index in [4.69, 9.17) is 5.73 Å². The zero-order chi connectivity index (χ0) is 10.4. The average molecular weight is 207 g/mol. The maximum Gasteiger partial charge on any atom is 0.0266 e. The fourth-order valence-corrected chi connectivity index (χ4v) is 2.00. The van der Waals surface area contributed by atoms with E-state index in [1.54, 1.807) is 0 Å². The molecule has 0 bridgehead atoms. The van der Waals surface area contributed by atoms with Crippen molar-refractivity contribution in [3.8, 4) is 0 Å². The number of hydrogen-bond acceptors (Lipinski definition) is 2. The third-order valence-electron chi connectivity index (χ3n) is 1.97. The van der Waals surface area contributed by atoms with Gasteiger partial charge in [-0.3, -0.25) is 0 Å². The first-order valence-corrected chi connectivity index (χ1v) is 5.82. The van der Waals surface area contributed by atoms with Crippen molar-refractivity contribution in [3.63, 3.8) is 0 Å². The van der Waals surface area contributed by atoms with Crippen LogP contribution in [0.5, 0.6) is 0 Å². The molecule has 0 aliphatic heterocycles. The Bertz CT molecular complexity index is 305. The lowest BCUT2D eigenvalue weighted by Gasteiger charge is -2.06. The second kappa shape index (κ2) is 5.89. The van der Waals surface area contributed by atoms with Gasteiger partial charge in [-0.2, -0.15) is 0 Å². The van der Waals surface area contributed by atoms with Crippen molar-refractivity contribution in [2.75, 3.05) is 5.75 Å². The molecule has 0 aliphatic carbocycles. The number of hydrogen-bond donors (Lipinski definition) is 1. The summed E-state index contributed by atoms with van der Waals surface area (Å²) >= 11 is 1.83. The highest BCUT2D eigenvalue weighted by Crippen LogP contribution is 2.21. The van der Waals surface area contributed by atoms with Gasteiger partial charge in [-0.1, -0.05) is 24.3 Å². The van der Waals surface area contributed by atoms with Crippen LogP contribution < -0.4 is 5.73 Å². The molecule has 0 amide bonds. The fourth-order valence-electron chi connectivity index (χ4n) is 1.13. The smallest absolute Gasteiger partial charge is 0.0266 e. The topological polar surface area (TPSA) is 26.0 Å². The van der Waals surface area contributed by atoms with Crippen molar-refractivity contribution >= 4 is 11.8 Å². The minimum Gasteiger partial charge on any atom is -0.324 e. The quantitative estimate of drug-likeness (QED) is 0.605. The lowest BCUT2D eigenvalue weighted by Crippen LogP contribution is -2.04. The van der Waals surface area contributed by atoms with Crippen LogP contribution in [-0.4, -0.2) is 5.75 Å². The summed E-state index contributed by atoms with van der Waals surface area (Å²) in [6, 6.07) is 8.55. The van der Waals surface area contributed by atoms with E-state index in [-0.39, 0.29) is 6.04 Å². The minimum absolute atomic E-state index is 0.122. The molecule has 0 saturated carbocycles. The molecule has 2 heteroatoms. The molecule has 0 aromatic heterocycles. The van der Waals surface area contributed by atoms with E-state index in [2.05, 4.69) is 36.4 Å². The van der Waals surface area contributed by atoms with Gasteiger partial charge in [-0.25, -0.2) is 0 Å². The molecule has 1 atom stereocenters. The first kappa shape index (κ1) is 11.3. The molecule has 0 radical (unpaired) electrons. The Labute approximate surface area is 90.4 Å². The second-order valence-electron chi connectivity index (χ2n) is 3.24. The Kier molecular flexibility index (Phi) is 4.77. The maximum atomic E-state index is 5.81. The Morgan fingerprint density at radius 2 is 2.29 bits per heavy atom. The van der Waals surface area contributed by atoms with E-state index in [9.17, 15) is 0 Å². The molecule has 14 heavy (non-hydrogen) atoms. The van der Waals surface area contributed by atoms with Gasteiger partial charge in [0.1, 0.15) is 0 Å². The number of nitrogens with two attached hydrogens (primary N) is 1. The van der Waals surface area contributed by atoms with Crippen LogP contribution in [0, 0.1) is 0 Å². The summed E-state index contributed by atoms with van der Waals surface area (Å²) in [5, 5.41) is 0. The Morgan fingerprint density at radius 3 is 2.93 bits per heavy atom. The summed E-state index contributed by atoms with van der Waals surface area (Å²) in [5.41, 5.74) is 7.02. The Balaban J connectivity index is 2.64. The summed E-state index contributed by atoms with van der Waals surface area (Å²) in [6.07, 6.45) is 4.23. The predicted molar refractivity (Wildman–Crippen MR) is 64.6 cm³/mol. The summed E-state index contributed by atoms with van der Waals surface area (Å²) in [4.78, 5) is 1.29. The summed E-state index contributed by atoms with van der Waals surface area (Å²) in [7, 11) is 0. The molecule has 1 aromatic rings. The molecule has 1 unspecified atom stereocenters. The molecule has 0 spiro atoms. The molecule has 1 aromatic carbocycles. The predicted octanol–water partition coefficient (Wildman–Crippen LogP) is 3.37. The van der Waals surface area contributed by atoms with Gasteiger partial charge in [0, 0.05) is 16.7 Å². The first-order chi connectivity index (χ1) is 6.74. The summed E-state index contributed by atoms with van der Waals surface area (Å²) in [5.74, 6) is 1.03. The molecule has 0 aliphatic rings. The van der Waals surface area contributed by atoms with Crippen molar-refractivity contribution in [3.05, 3.63) is 42.0 Å². The third-order valence-corrected chi connectivity index (χ3v) is 2.91. The third kappa shape index (κ3) is 3.56. The van der Waals surface area contributed by atoms with E-state index in [0.29, 0.717) is 0 Å². The van der Waals surface area contributed by atoms with Gasteiger partial charge in [0.2, 0.25) is 0 Å². The molecule has 1 nitrogen and oxygen atoms in total. The molecule has 0 saturated heterocycles. The van der Waals surface area contributed by atoms with Gasteiger partial charge < -0.3 is 5.73 Å². The summed E-state index contributed by atoms with van der Waals surface area (Å²) in [6.45, 7) is 4.05. The van der Waals surface area contributed by atoms with Gasteiger partial charge in [-0.15, -0.1) is 11.8 Å². The van der Waals surface area contributed by atoms with Gasteiger partial charge in [0.25, 0.3) is 0 Å². The first-order valence-electron chi connectivity index (χ1n) is 4.83. The van der Waals surface area contributed by atoms with Crippen LogP contribution in [0.15, 0.2) is 41.3 Å². The van der Waals surface area contributed by atoms with E-state index in [1.165, 1.54) is 10.5 Å². The largest absolute Gasteiger partial charge is 0.324 e. The van der Waals surface area contributed by atoms with Crippen molar-refractivity contribution in [2.45, 2.75) is 24.8 Å². The normalized spacial score (nSPS) is 13.4. The Hall–Kier alpha value is -0.730. The highest BCUT2D eigenvalue weighted by molar-refractivity contribution is 7.99. The van der Waals surface area contributed by atoms with Crippen LogP contribution in [0.4, 0.5) is 0 Å². The van der Waals surface area contributed by atoms with E-state index >= 15 is 0 Å². The summed E-state index contributed by atoms with van der Waals surface area (Å²) < 4.78 is 0. The number of rotatable bonds is 4. The SMILES string of the molecule is CC=CCSc1cccc(C(C)N)c1. The number of thioether (sulfide) groups is 1. The Morgan fingerprint density at radius 1 is 1.50 bits per heavy atom. The van der Waals surface area contributed by atoms with Gasteiger partial charge in [0.05, 0.1) is 0 Å². The van der Waals surface area contributed by atoms with Gasteiger partial charge in [0.15, 0.2) is 0 Å². The zero-order valence-corrected chi connectivity index (χ0v) is 9.55. The highest BCUT2D eigenvalue weighted by atomic mass is 32.2. The zero-order valence-electron chi connectivity index (χ0n) is 8.73. The second-order valence-corrected chi connectivity index (χ2v) is 4.33. The fraction of sp³-hybridized carbons (Fsp3) is 0.333. The highest BCUT2D eigenvalue weighted by Gasteiger charge is 1.99. The van der Waals surface area contributed by atoms with Crippen LogP contribution in [0.25, 0.3) is 0 Å². The van der Waals surface area contributed by atoms with Gasteiger partial charge in [-0.05, 0) is 31.5 Å². The van der Waals surface area contributed by atoms with Crippen molar-refractivity contribution in [1.82, 2.24) is 0 Å². The minimum atomic E-state index is 0.122. The van der Waals surface area contributed by atoms with Crippen LogP contribution in [0.2, 0.25) is 0 Å². The van der Waals surface area contributed by atoms with E-state index in [1.807, 2.05) is 25.6 Å². The monoisotopic (exact) mass is 207 g/mol. The van der Waals surface area contributed by atoms with Crippen molar-refractivity contribution < 1.29 is 0 Å². The van der Waals surface area contributed by atoms with Crippen LogP contribution in [0.1, 0.15) is 25.5 Å². The lowest BCUT2D eigenvalue weighted by atomic mass is 10.1. The van der Waals surface area contributed by atoms with Crippen molar-refractivity contribution in [2.24, 2.45) is 5.73 Å². The number of allylic oxidation sites excluding steroid dienone is 1. The molecule has 0 fully saturated rings. The molecular weight excluding hydrogens is 190 g/mol. The standard InChI is InChI=1S/C12H17NS/c1-3-4-8-14-12-7-5-6-11(9-12)10(2)13/h3-7,9-10H,8,13H2,1-2H3. The molecular formula is C12H17NS. The molecule has 2 N–H and O–H groups in total. The number of benzene rings is 1. The molecule has 1 rings (SSSR count). The van der Waals surface area contributed by atoms with Crippen molar-refractivity contribution in [1.29, 1.82) is 0 Å². The van der Waals surface area contributed by atoms with Crippen LogP contribution in [-0.2, 0) is 0 Å².